The summed E-state index contributed by atoms with van der Waals surface area (Å²) in [6, 6.07) is 5.12. The van der Waals surface area contributed by atoms with E-state index in [-0.39, 0.29) is 0 Å². The number of nitrogen functional groups attached to an aromatic ring is 1. The summed E-state index contributed by atoms with van der Waals surface area (Å²) in [5, 5.41) is 11.8. The molecule has 0 fully saturated rings. The van der Waals surface area contributed by atoms with Crippen molar-refractivity contribution in [3.63, 3.8) is 0 Å². The van der Waals surface area contributed by atoms with Crippen LogP contribution in [0.4, 0.5) is 11.4 Å². The number of aryl methyl sites for hydroxylation is 1. The Morgan fingerprint density at radius 3 is 2.75 bits per heavy atom. The van der Waals surface area contributed by atoms with E-state index in [1.54, 1.807) is 18.2 Å². The summed E-state index contributed by atoms with van der Waals surface area (Å²) in [6.07, 6.45) is 1.22. The lowest BCUT2D eigenvalue weighted by atomic mass is 10.2. The molecule has 0 aliphatic heterocycles. The minimum absolute atomic E-state index is 0.583. The van der Waals surface area contributed by atoms with Gasteiger partial charge in [-0.3, -0.25) is 0 Å². The van der Waals surface area contributed by atoms with Crippen molar-refractivity contribution in [2.75, 3.05) is 10.8 Å². The number of nitrogens with zero attached hydrogens (tertiary/aromatic N) is 1. The van der Waals surface area contributed by atoms with Gasteiger partial charge in [-0.05, 0) is 36.9 Å². The van der Waals surface area contributed by atoms with Crippen LogP contribution in [0.2, 0.25) is 0 Å². The Labute approximate surface area is 71.7 Å². The summed E-state index contributed by atoms with van der Waals surface area (Å²) >= 11 is 0. The smallest absolute Gasteiger partial charge is 0.0330 e. The van der Waals surface area contributed by atoms with Crippen LogP contribution in [0.1, 0.15) is 5.56 Å². The van der Waals surface area contributed by atoms with E-state index in [1.807, 2.05) is 6.92 Å². The van der Waals surface area contributed by atoms with Crippen molar-refractivity contribution in [1.82, 2.24) is 0 Å². The van der Waals surface area contributed by atoms with Crippen molar-refractivity contribution in [3.8, 4) is 0 Å². The fraction of sp³-hybridized carbons (Fsp3) is 0.111. The lowest BCUT2D eigenvalue weighted by molar-refractivity contribution is 1.27. The molecule has 0 bridgehead atoms. The summed E-state index contributed by atoms with van der Waals surface area (Å²) < 4.78 is 0. The molecule has 1 aromatic rings. The van der Waals surface area contributed by atoms with Crippen LogP contribution in [0.25, 0.3) is 0 Å². The van der Waals surface area contributed by atoms with Gasteiger partial charge in [-0.1, -0.05) is 6.58 Å². The van der Waals surface area contributed by atoms with Gasteiger partial charge in [0.25, 0.3) is 0 Å². The lowest BCUT2D eigenvalue weighted by Crippen LogP contribution is -2.05. The zero-order chi connectivity index (χ0) is 9.14. The highest BCUT2D eigenvalue weighted by Crippen LogP contribution is 2.21. The zero-order valence-corrected chi connectivity index (χ0v) is 6.95. The van der Waals surface area contributed by atoms with E-state index in [2.05, 4.69) is 6.58 Å². The number of rotatable bonds is 2. The van der Waals surface area contributed by atoms with E-state index < -0.39 is 0 Å². The van der Waals surface area contributed by atoms with Crippen LogP contribution in [0.5, 0.6) is 0 Å². The van der Waals surface area contributed by atoms with Crippen molar-refractivity contribution >= 4 is 11.4 Å². The third-order valence-electron chi connectivity index (χ3n) is 1.62. The minimum Gasteiger partial charge on any atom is -0.754 e. The number of hydrogen-bond acceptors (Lipinski definition) is 3. The number of anilines is 2. The molecule has 3 heteroatoms. The average Bonchev–Trinajstić information content (AvgIpc) is 2.03. The number of nitrogens with two attached hydrogens (primary N) is 1. The van der Waals surface area contributed by atoms with Crippen LogP contribution < -0.4 is 10.8 Å². The molecule has 2 N–H and O–H groups in total. The van der Waals surface area contributed by atoms with E-state index in [0.29, 0.717) is 11.4 Å². The summed E-state index contributed by atoms with van der Waals surface area (Å²) in [5.74, 6) is 0. The largest absolute Gasteiger partial charge is 0.754 e. The number of hydroxylamine groups is 1. The minimum atomic E-state index is 0.583. The Hall–Kier alpha value is -1.48. The van der Waals surface area contributed by atoms with Crippen LogP contribution >= 0.6 is 0 Å². The van der Waals surface area contributed by atoms with Crippen LogP contribution in [-0.2, 0) is 0 Å². The maximum absolute atomic E-state index is 11.1. The van der Waals surface area contributed by atoms with Gasteiger partial charge in [0, 0.05) is 11.4 Å². The van der Waals surface area contributed by atoms with E-state index in [1.165, 1.54) is 6.20 Å². The molecule has 0 amide bonds. The first-order chi connectivity index (χ1) is 5.65. The molecular formula is C9H11N2O-. The first-order valence-electron chi connectivity index (χ1n) is 3.60. The Kier molecular flexibility index (Phi) is 2.35. The van der Waals surface area contributed by atoms with Crippen molar-refractivity contribution in [2.24, 2.45) is 0 Å². The van der Waals surface area contributed by atoms with Crippen LogP contribution in [0.3, 0.4) is 0 Å². The van der Waals surface area contributed by atoms with Gasteiger partial charge in [-0.25, -0.2) is 0 Å². The molecule has 1 aromatic carbocycles. The summed E-state index contributed by atoms with van der Waals surface area (Å²) in [4.78, 5) is 0. The predicted molar refractivity (Wildman–Crippen MR) is 51.6 cm³/mol. The Balaban J connectivity index is 3.09. The maximum atomic E-state index is 11.1. The summed E-state index contributed by atoms with van der Waals surface area (Å²) in [5.41, 5.74) is 7.62. The van der Waals surface area contributed by atoms with Crippen LogP contribution in [0, 0.1) is 12.1 Å². The van der Waals surface area contributed by atoms with E-state index in [0.717, 1.165) is 10.6 Å². The topological polar surface area (TPSA) is 52.3 Å². The van der Waals surface area contributed by atoms with Gasteiger partial charge >= 0.3 is 0 Å². The first kappa shape index (κ1) is 8.62. The Bertz CT molecular complexity index is 297. The highest BCUT2D eigenvalue weighted by molar-refractivity contribution is 5.60. The molecule has 0 saturated carbocycles. The number of hydrogen-bond donors (Lipinski definition) is 1. The zero-order valence-electron chi connectivity index (χ0n) is 6.95. The molecule has 3 nitrogen and oxygen atoms in total. The molecule has 0 aliphatic rings. The van der Waals surface area contributed by atoms with E-state index in [9.17, 15) is 5.21 Å². The third kappa shape index (κ3) is 1.57. The maximum Gasteiger partial charge on any atom is 0.0330 e. The molecule has 0 aromatic heterocycles. The fourth-order valence-corrected chi connectivity index (χ4v) is 1.02. The van der Waals surface area contributed by atoms with Gasteiger partial charge < -0.3 is 16.0 Å². The second-order valence-corrected chi connectivity index (χ2v) is 2.55. The van der Waals surface area contributed by atoms with Crippen molar-refractivity contribution in [2.45, 2.75) is 6.92 Å². The Morgan fingerprint density at radius 2 is 2.25 bits per heavy atom. The number of benzene rings is 1. The normalized spacial score (nSPS) is 9.50. The second kappa shape index (κ2) is 3.28. The summed E-state index contributed by atoms with van der Waals surface area (Å²) in [7, 11) is 0. The monoisotopic (exact) mass is 163 g/mol. The first-order valence-corrected chi connectivity index (χ1v) is 3.60. The molecule has 12 heavy (non-hydrogen) atoms. The molecule has 1 rings (SSSR count). The molecule has 0 unspecified atom stereocenters. The predicted octanol–water partition coefficient (Wildman–Crippen LogP) is 2.02. The van der Waals surface area contributed by atoms with Crippen LogP contribution in [-0.4, -0.2) is 0 Å². The lowest BCUT2D eigenvalue weighted by Gasteiger charge is -2.27. The SMILES string of the molecule is C=CN([O-])c1ccc(N)cc1C. The quantitative estimate of drug-likeness (QED) is 0.536. The van der Waals surface area contributed by atoms with Crippen molar-refractivity contribution < 1.29 is 0 Å². The highest BCUT2D eigenvalue weighted by atomic mass is 16.5. The van der Waals surface area contributed by atoms with Gasteiger partial charge in [0.2, 0.25) is 0 Å². The summed E-state index contributed by atoms with van der Waals surface area (Å²) in [6.45, 7) is 5.22. The van der Waals surface area contributed by atoms with Gasteiger partial charge in [0.1, 0.15) is 0 Å². The molecule has 64 valence electrons. The molecule has 0 heterocycles. The molecule has 0 atom stereocenters. The highest BCUT2D eigenvalue weighted by Gasteiger charge is 1.96. The Morgan fingerprint density at radius 1 is 1.58 bits per heavy atom. The fourth-order valence-electron chi connectivity index (χ4n) is 1.02. The molecule has 0 spiro atoms. The third-order valence-corrected chi connectivity index (χ3v) is 1.62. The van der Waals surface area contributed by atoms with Crippen molar-refractivity contribution in [1.29, 1.82) is 0 Å². The van der Waals surface area contributed by atoms with Gasteiger partial charge in [-0.15, -0.1) is 0 Å². The van der Waals surface area contributed by atoms with E-state index >= 15 is 0 Å². The van der Waals surface area contributed by atoms with Crippen molar-refractivity contribution in [3.05, 3.63) is 41.7 Å². The van der Waals surface area contributed by atoms with Gasteiger partial charge in [0.05, 0.1) is 0 Å². The van der Waals surface area contributed by atoms with E-state index in [4.69, 9.17) is 5.73 Å². The second-order valence-electron chi connectivity index (χ2n) is 2.55. The molecular weight excluding hydrogens is 152 g/mol. The molecule has 0 aliphatic carbocycles. The van der Waals surface area contributed by atoms with Gasteiger partial charge in [0.15, 0.2) is 0 Å². The van der Waals surface area contributed by atoms with Crippen LogP contribution in [0.15, 0.2) is 31.0 Å². The van der Waals surface area contributed by atoms with Gasteiger partial charge in [-0.2, -0.15) is 0 Å². The molecule has 0 saturated heterocycles. The standard InChI is InChI=1S/C9H11N2O/c1-3-11(12)9-5-4-8(10)6-7(9)2/h3-6H,1,10H2,2H3/q-1. The molecule has 0 radical (unpaired) electrons. The average molecular weight is 163 g/mol.